The molecule has 0 aromatic heterocycles. The van der Waals surface area contributed by atoms with Crippen LogP contribution in [-0.4, -0.2) is 18.7 Å². The standard InChI is InChI=1S/C13H10ClNO3/c1-7-11(16)6-13(18-7)9-5-8(14)3-4-10(9)15(2)12(13)17/h3-5H,1,6H2,2H3. The molecule has 1 spiro atoms. The number of halogens is 1. The van der Waals surface area contributed by atoms with E-state index < -0.39 is 5.60 Å². The van der Waals surface area contributed by atoms with E-state index in [0.717, 1.165) is 0 Å². The highest BCUT2D eigenvalue weighted by Gasteiger charge is 2.57. The molecule has 0 bridgehead atoms. The number of likely N-dealkylation sites (N-methyl/N-ethyl adjacent to an activating group) is 1. The van der Waals surface area contributed by atoms with Crippen LogP contribution in [0.2, 0.25) is 5.02 Å². The first-order valence-electron chi connectivity index (χ1n) is 5.45. The third-order valence-corrected chi connectivity index (χ3v) is 3.66. The molecule has 5 heteroatoms. The summed E-state index contributed by atoms with van der Waals surface area (Å²) in [6, 6.07) is 5.12. The average Bonchev–Trinajstić information content (AvgIpc) is 2.73. The lowest BCUT2D eigenvalue weighted by Crippen LogP contribution is -2.38. The number of anilines is 1. The first kappa shape index (κ1) is 11.3. The molecule has 1 aromatic rings. The quantitative estimate of drug-likeness (QED) is 0.673. The average molecular weight is 264 g/mol. The molecule has 1 atom stereocenters. The van der Waals surface area contributed by atoms with Gasteiger partial charge in [0.15, 0.2) is 5.76 Å². The van der Waals surface area contributed by atoms with E-state index in [0.29, 0.717) is 16.3 Å². The SMILES string of the molecule is C=C1OC2(CC1=O)C(=O)N(C)c1ccc(Cl)cc12. The van der Waals surface area contributed by atoms with Crippen molar-refractivity contribution < 1.29 is 14.3 Å². The van der Waals surface area contributed by atoms with Gasteiger partial charge in [0.25, 0.3) is 5.91 Å². The number of carbonyl (C=O) groups excluding carboxylic acids is 2. The highest BCUT2D eigenvalue weighted by atomic mass is 35.5. The van der Waals surface area contributed by atoms with Gasteiger partial charge < -0.3 is 9.64 Å². The number of fused-ring (bicyclic) bond motifs is 2. The Hall–Kier alpha value is -1.81. The number of Topliss-reactive ketones (excluding diaryl/α,β-unsaturated/α-hetero) is 1. The maximum Gasteiger partial charge on any atom is 0.276 e. The molecule has 0 saturated carbocycles. The normalized spacial score (nSPS) is 25.9. The molecule has 2 heterocycles. The first-order chi connectivity index (χ1) is 8.45. The fourth-order valence-corrected chi connectivity index (χ4v) is 2.69. The number of benzene rings is 1. The van der Waals surface area contributed by atoms with Gasteiger partial charge in [-0.3, -0.25) is 9.59 Å². The zero-order valence-corrected chi connectivity index (χ0v) is 10.5. The summed E-state index contributed by atoms with van der Waals surface area (Å²) in [6.07, 6.45) is -0.0116. The van der Waals surface area contributed by atoms with Crippen molar-refractivity contribution in [2.24, 2.45) is 0 Å². The predicted molar refractivity (Wildman–Crippen MR) is 66.4 cm³/mol. The molecule has 0 aliphatic carbocycles. The van der Waals surface area contributed by atoms with E-state index in [1.54, 1.807) is 25.2 Å². The van der Waals surface area contributed by atoms with E-state index >= 15 is 0 Å². The summed E-state index contributed by atoms with van der Waals surface area (Å²) in [5.74, 6) is -0.471. The van der Waals surface area contributed by atoms with Crippen molar-refractivity contribution in [3.8, 4) is 0 Å². The molecule has 1 unspecified atom stereocenters. The van der Waals surface area contributed by atoms with Crippen LogP contribution in [0.3, 0.4) is 0 Å². The number of amides is 1. The lowest BCUT2D eigenvalue weighted by atomic mass is 9.92. The summed E-state index contributed by atoms with van der Waals surface area (Å²) in [4.78, 5) is 25.5. The van der Waals surface area contributed by atoms with Crippen LogP contribution in [0.5, 0.6) is 0 Å². The number of nitrogens with zero attached hydrogens (tertiary/aromatic N) is 1. The number of rotatable bonds is 0. The second-order valence-corrected chi connectivity index (χ2v) is 4.91. The van der Waals surface area contributed by atoms with Gasteiger partial charge >= 0.3 is 0 Å². The molecular formula is C13H10ClNO3. The second kappa shape index (κ2) is 3.36. The number of hydrogen-bond acceptors (Lipinski definition) is 3. The molecule has 1 fully saturated rings. The van der Waals surface area contributed by atoms with Crippen molar-refractivity contribution in [1.29, 1.82) is 0 Å². The van der Waals surface area contributed by atoms with Crippen molar-refractivity contribution in [2.45, 2.75) is 12.0 Å². The van der Waals surface area contributed by atoms with Gasteiger partial charge in [0, 0.05) is 17.6 Å². The predicted octanol–water partition coefficient (Wildman–Crippen LogP) is 2.01. The molecule has 0 radical (unpaired) electrons. The Balaban J connectivity index is 2.24. The van der Waals surface area contributed by atoms with Crippen LogP contribution in [0.15, 0.2) is 30.5 Å². The first-order valence-corrected chi connectivity index (χ1v) is 5.83. The molecule has 4 nitrogen and oxygen atoms in total. The molecule has 1 aromatic carbocycles. The van der Waals surface area contributed by atoms with E-state index in [4.69, 9.17) is 16.3 Å². The monoisotopic (exact) mass is 263 g/mol. The molecule has 0 N–H and O–H groups in total. The highest BCUT2D eigenvalue weighted by Crippen LogP contribution is 2.49. The molecule has 2 aliphatic rings. The fourth-order valence-electron chi connectivity index (χ4n) is 2.52. The van der Waals surface area contributed by atoms with Crippen molar-refractivity contribution in [2.75, 3.05) is 11.9 Å². The minimum Gasteiger partial charge on any atom is -0.469 e. The topological polar surface area (TPSA) is 46.6 Å². The Labute approximate surface area is 109 Å². The molecule has 2 aliphatic heterocycles. The van der Waals surface area contributed by atoms with Crippen LogP contribution in [0.25, 0.3) is 0 Å². The third-order valence-electron chi connectivity index (χ3n) is 3.42. The Bertz CT molecular complexity index is 592. The number of allylic oxidation sites excluding steroid dienone is 1. The zero-order chi connectivity index (χ0) is 13.1. The van der Waals surface area contributed by atoms with E-state index in [2.05, 4.69) is 6.58 Å². The molecule has 18 heavy (non-hydrogen) atoms. The van der Waals surface area contributed by atoms with Gasteiger partial charge in [0.2, 0.25) is 11.4 Å². The van der Waals surface area contributed by atoms with Gasteiger partial charge in [-0.2, -0.15) is 0 Å². The van der Waals surface area contributed by atoms with Crippen LogP contribution in [0.1, 0.15) is 12.0 Å². The highest BCUT2D eigenvalue weighted by molar-refractivity contribution is 6.31. The molecular weight excluding hydrogens is 254 g/mol. The Morgan fingerprint density at radius 2 is 2.17 bits per heavy atom. The summed E-state index contributed by atoms with van der Waals surface area (Å²) in [5, 5.41) is 0.504. The third kappa shape index (κ3) is 1.21. The number of ether oxygens (including phenoxy) is 1. The van der Waals surface area contributed by atoms with Crippen LogP contribution >= 0.6 is 11.6 Å². The lowest BCUT2D eigenvalue weighted by molar-refractivity contribution is -0.135. The van der Waals surface area contributed by atoms with Crippen molar-refractivity contribution in [3.05, 3.63) is 41.1 Å². The van der Waals surface area contributed by atoms with Gasteiger partial charge in [0.05, 0.1) is 12.1 Å². The van der Waals surface area contributed by atoms with E-state index in [1.807, 2.05) is 0 Å². The minimum absolute atomic E-state index is 0.0116. The summed E-state index contributed by atoms with van der Waals surface area (Å²) in [5.41, 5.74) is 0.0878. The van der Waals surface area contributed by atoms with Gasteiger partial charge in [0.1, 0.15) is 0 Å². The maximum absolute atomic E-state index is 12.4. The van der Waals surface area contributed by atoms with Crippen LogP contribution < -0.4 is 4.90 Å². The Morgan fingerprint density at radius 1 is 1.44 bits per heavy atom. The van der Waals surface area contributed by atoms with Crippen molar-refractivity contribution >= 4 is 29.0 Å². The summed E-state index contributed by atoms with van der Waals surface area (Å²) in [6.45, 7) is 3.53. The van der Waals surface area contributed by atoms with Crippen molar-refractivity contribution in [1.82, 2.24) is 0 Å². The second-order valence-electron chi connectivity index (χ2n) is 4.48. The minimum atomic E-state index is -1.26. The summed E-state index contributed by atoms with van der Waals surface area (Å²) >= 11 is 5.96. The Morgan fingerprint density at radius 3 is 2.78 bits per heavy atom. The molecule has 1 saturated heterocycles. The summed E-state index contributed by atoms with van der Waals surface area (Å²) in [7, 11) is 1.65. The van der Waals surface area contributed by atoms with Gasteiger partial charge in [-0.05, 0) is 18.2 Å². The lowest BCUT2D eigenvalue weighted by Gasteiger charge is -2.20. The van der Waals surface area contributed by atoms with Gasteiger partial charge in [-0.15, -0.1) is 0 Å². The van der Waals surface area contributed by atoms with Crippen LogP contribution in [-0.2, 0) is 19.9 Å². The zero-order valence-electron chi connectivity index (χ0n) is 9.70. The van der Waals surface area contributed by atoms with E-state index in [-0.39, 0.29) is 23.9 Å². The number of hydrogen-bond donors (Lipinski definition) is 0. The maximum atomic E-state index is 12.4. The van der Waals surface area contributed by atoms with Gasteiger partial charge in [-0.25, -0.2) is 0 Å². The van der Waals surface area contributed by atoms with Crippen LogP contribution in [0.4, 0.5) is 5.69 Å². The van der Waals surface area contributed by atoms with Gasteiger partial charge in [-0.1, -0.05) is 18.2 Å². The fraction of sp³-hybridized carbons (Fsp3) is 0.231. The molecule has 92 valence electrons. The Kier molecular flexibility index (Phi) is 2.10. The molecule has 3 rings (SSSR count). The van der Waals surface area contributed by atoms with Crippen molar-refractivity contribution in [3.63, 3.8) is 0 Å². The smallest absolute Gasteiger partial charge is 0.276 e. The summed E-state index contributed by atoms with van der Waals surface area (Å²) < 4.78 is 5.49. The van der Waals surface area contributed by atoms with E-state index in [9.17, 15) is 9.59 Å². The van der Waals surface area contributed by atoms with E-state index in [1.165, 1.54) is 4.90 Å². The van der Waals surface area contributed by atoms with Crippen LogP contribution in [0, 0.1) is 0 Å². The number of carbonyl (C=O) groups is 2. The molecule has 1 amide bonds. The largest absolute Gasteiger partial charge is 0.469 e. The number of ketones is 1.